The molecule has 2 rings (SSSR count). The van der Waals surface area contributed by atoms with Crippen LogP contribution in [0.1, 0.15) is 17.3 Å². The van der Waals surface area contributed by atoms with Crippen LogP contribution < -0.4 is 9.47 Å². The monoisotopic (exact) mass is 328 g/mol. The van der Waals surface area contributed by atoms with Crippen molar-refractivity contribution in [3.63, 3.8) is 0 Å². The van der Waals surface area contributed by atoms with E-state index in [1.54, 1.807) is 0 Å². The number of alkyl halides is 4. The predicted octanol–water partition coefficient (Wildman–Crippen LogP) is 3.61. The molecule has 0 N–H and O–H groups in total. The zero-order valence-corrected chi connectivity index (χ0v) is 10.4. The van der Waals surface area contributed by atoms with Gasteiger partial charge in [-0.05, 0) is 35.0 Å². The van der Waals surface area contributed by atoms with Crippen molar-refractivity contribution in [1.82, 2.24) is 0 Å². The minimum atomic E-state index is -4.79. The minimum Gasteiger partial charge on any atom is -0.421 e. The van der Waals surface area contributed by atoms with Crippen molar-refractivity contribution < 1.29 is 31.8 Å². The molecular weight excluding hydrogens is 324 g/mol. The summed E-state index contributed by atoms with van der Waals surface area (Å²) in [5.41, 5.74) is 0.0263. The van der Waals surface area contributed by atoms with Crippen LogP contribution >= 0.6 is 15.9 Å². The zero-order valence-electron chi connectivity index (χ0n) is 8.77. The summed E-state index contributed by atoms with van der Waals surface area (Å²) in [7, 11) is 0. The molecule has 3 nitrogen and oxygen atoms in total. The summed E-state index contributed by atoms with van der Waals surface area (Å²) in [5.74, 6) is -1.61. The Morgan fingerprint density at radius 1 is 1.11 bits per heavy atom. The van der Waals surface area contributed by atoms with Gasteiger partial charge in [0.15, 0.2) is 17.3 Å². The second kappa shape index (κ2) is 3.84. The van der Waals surface area contributed by atoms with E-state index in [1.807, 2.05) is 0 Å². The van der Waals surface area contributed by atoms with Crippen LogP contribution in [-0.4, -0.2) is 18.0 Å². The molecule has 0 aromatic heterocycles. The summed E-state index contributed by atoms with van der Waals surface area (Å²) in [5, 5.41) is 0. The highest BCUT2D eigenvalue weighted by Crippen LogP contribution is 2.48. The fourth-order valence-corrected chi connectivity index (χ4v) is 1.96. The first-order chi connectivity index (χ1) is 8.14. The molecule has 1 aromatic rings. The van der Waals surface area contributed by atoms with Crippen LogP contribution in [0.25, 0.3) is 0 Å². The molecule has 0 aliphatic carbocycles. The number of halogens is 5. The molecule has 98 valence electrons. The van der Waals surface area contributed by atoms with Crippen molar-refractivity contribution in [2.45, 2.75) is 19.1 Å². The zero-order chi connectivity index (χ0) is 13.7. The standard InChI is InChI=1S/C10H5BrF4O3/c1-4(16)5-2-7-8(3-6(5)11)18-10(14,15)9(12,13)17-7/h2-3H,1H3. The van der Waals surface area contributed by atoms with Gasteiger partial charge in [0.25, 0.3) is 0 Å². The Morgan fingerprint density at radius 2 is 1.56 bits per heavy atom. The number of carbonyl (C=O) groups excluding carboxylic acids is 1. The molecule has 18 heavy (non-hydrogen) atoms. The molecule has 0 radical (unpaired) electrons. The van der Waals surface area contributed by atoms with Crippen molar-refractivity contribution in [2.24, 2.45) is 0 Å². The highest BCUT2D eigenvalue weighted by Gasteiger charge is 2.66. The van der Waals surface area contributed by atoms with Crippen LogP contribution in [0, 0.1) is 0 Å². The van der Waals surface area contributed by atoms with E-state index in [1.165, 1.54) is 6.92 Å². The van der Waals surface area contributed by atoms with E-state index in [2.05, 4.69) is 25.4 Å². The van der Waals surface area contributed by atoms with E-state index in [-0.39, 0.29) is 10.0 Å². The minimum absolute atomic E-state index is 0.0263. The molecule has 1 aliphatic rings. The number of rotatable bonds is 1. The smallest absolute Gasteiger partial charge is 0.421 e. The average molecular weight is 329 g/mol. The van der Waals surface area contributed by atoms with Crippen LogP contribution in [0.15, 0.2) is 16.6 Å². The van der Waals surface area contributed by atoms with Crippen molar-refractivity contribution >= 4 is 21.7 Å². The molecule has 0 fully saturated rings. The first-order valence-corrected chi connectivity index (χ1v) is 5.41. The molecule has 0 bridgehead atoms. The average Bonchev–Trinajstić information content (AvgIpc) is 2.18. The van der Waals surface area contributed by atoms with Crippen molar-refractivity contribution in [1.29, 1.82) is 0 Å². The lowest BCUT2D eigenvalue weighted by Crippen LogP contribution is -2.52. The third kappa shape index (κ3) is 1.94. The maximum atomic E-state index is 12.9. The summed E-state index contributed by atoms with van der Waals surface area (Å²) < 4.78 is 59.5. The topological polar surface area (TPSA) is 35.5 Å². The Morgan fingerprint density at radius 3 is 2.00 bits per heavy atom. The Kier molecular flexibility index (Phi) is 2.80. The first-order valence-electron chi connectivity index (χ1n) is 4.62. The number of benzene rings is 1. The summed E-state index contributed by atoms with van der Waals surface area (Å²) >= 11 is 2.95. The molecule has 0 saturated carbocycles. The van der Waals surface area contributed by atoms with Gasteiger partial charge in [0.2, 0.25) is 0 Å². The lowest BCUT2D eigenvalue weighted by molar-refractivity contribution is -0.391. The second-order valence-corrected chi connectivity index (χ2v) is 4.43. The fourth-order valence-electron chi connectivity index (χ4n) is 1.36. The normalized spacial score (nSPS) is 19.4. The SMILES string of the molecule is CC(=O)c1cc2c(cc1Br)OC(F)(F)C(F)(F)O2. The highest BCUT2D eigenvalue weighted by molar-refractivity contribution is 9.10. The van der Waals surface area contributed by atoms with E-state index in [9.17, 15) is 22.4 Å². The van der Waals surface area contributed by atoms with Gasteiger partial charge in [0.05, 0.1) is 0 Å². The van der Waals surface area contributed by atoms with Gasteiger partial charge in [-0.25, -0.2) is 0 Å². The predicted molar refractivity (Wildman–Crippen MR) is 55.3 cm³/mol. The van der Waals surface area contributed by atoms with E-state index >= 15 is 0 Å². The Balaban J connectivity index is 2.55. The van der Waals surface area contributed by atoms with Crippen LogP contribution in [-0.2, 0) is 0 Å². The van der Waals surface area contributed by atoms with E-state index < -0.39 is 29.5 Å². The molecule has 1 aromatic carbocycles. The van der Waals surface area contributed by atoms with Gasteiger partial charge in [-0.3, -0.25) is 4.79 Å². The molecule has 0 saturated heterocycles. The Bertz CT molecular complexity index is 530. The van der Waals surface area contributed by atoms with Gasteiger partial charge >= 0.3 is 12.2 Å². The molecule has 0 amide bonds. The lowest BCUT2D eigenvalue weighted by Gasteiger charge is -2.32. The second-order valence-electron chi connectivity index (χ2n) is 3.57. The Hall–Kier alpha value is -1.31. The maximum Gasteiger partial charge on any atom is 0.507 e. The highest BCUT2D eigenvalue weighted by atomic mass is 79.9. The van der Waals surface area contributed by atoms with Crippen LogP contribution in [0.5, 0.6) is 11.5 Å². The summed E-state index contributed by atoms with van der Waals surface area (Å²) in [6, 6.07) is 1.90. The van der Waals surface area contributed by atoms with Gasteiger partial charge in [-0.1, -0.05) is 0 Å². The van der Waals surface area contributed by atoms with Gasteiger partial charge < -0.3 is 9.47 Å². The quantitative estimate of drug-likeness (QED) is 0.583. The number of Topliss-reactive ketones (excluding diaryl/α,β-unsaturated/α-hetero) is 1. The summed E-state index contributed by atoms with van der Waals surface area (Å²) in [6.45, 7) is 1.20. The van der Waals surface area contributed by atoms with E-state index in [0.717, 1.165) is 12.1 Å². The summed E-state index contributed by atoms with van der Waals surface area (Å²) in [6.07, 6.45) is -9.56. The number of hydrogen-bond donors (Lipinski definition) is 0. The maximum absolute atomic E-state index is 12.9. The number of ketones is 1. The third-order valence-electron chi connectivity index (χ3n) is 2.23. The number of hydrogen-bond acceptors (Lipinski definition) is 3. The van der Waals surface area contributed by atoms with Crippen molar-refractivity contribution in [3.05, 3.63) is 22.2 Å². The van der Waals surface area contributed by atoms with Gasteiger partial charge in [-0.15, -0.1) is 0 Å². The van der Waals surface area contributed by atoms with Gasteiger partial charge in [0, 0.05) is 10.0 Å². The number of ether oxygens (including phenoxy) is 2. The largest absolute Gasteiger partial charge is 0.507 e. The van der Waals surface area contributed by atoms with Crippen LogP contribution in [0.4, 0.5) is 17.6 Å². The van der Waals surface area contributed by atoms with Gasteiger partial charge in [0.1, 0.15) is 0 Å². The lowest BCUT2D eigenvalue weighted by atomic mass is 10.1. The molecule has 0 unspecified atom stereocenters. The molecule has 1 aliphatic heterocycles. The van der Waals surface area contributed by atoms with E-state index in [4.69, 9.17) is 0 Å². The number of carbonyl (C=O) groups is 1. The molecule has 1 heterocycles. The van der Waals surface area contributed by atoms with Crippen molar-refractivity contribution in [3.8, 4) is 11.5 Å². The van der Waals surface area contributed by atoms with Crippen LogP contribution in [0.2, 0.25) is 0 Å². The number of fused-ring (bicyclic) bond motifs is 1. The fraction of sp³-hybridized carbons (Fsp3) is 0.300. The molecular formula is C10H5BrF4O3. The van der Waals surface area contributed by atoms with Crippen LogP contribution in [0.3, 0.4) is 0 Å². The third-order valence-corrected chi connectivity index (χ3v) is 2.88. The molecule has 8 heteroatoms. The van der Waals surface area contributed by atoms with Gasteiger partial charge in [-0.2, -0.15) is 17.6 Å². The van der Waals surface area contributed by atoms with Crippen molar-refractivity contribution in [2.75, 3.05) is 0 Å². The first kappa shape index (κ1) is 13.1. The molecule has 0 atom stereocenters. The summed E-state index contributed by atoms with van der Waals surface area (Å²) in [4.78, 5) is 11.2. The molecule has 0 spiro atoms. The Labute approximate surface area is 107 Å². The van der Waals surface area contributed by atoms with E-state index in [0.29, 0.717) is 0 Å².